The van der Waals surface area contributed by atoms with Gasteiger partial charge in [0.15, 0.2) is 0 Å². The Morgan fingerprint density at radius 3 is 2.21 bits per heavy atom. The predicted molar refractivity (Wildman–Crippen MR) is 134 cm³/mol. The van der Waals surface area contributed by atoms with E-state index < -0.39 is 0 Å². The first-order chi connectivity index (χ1) is 16.2. The van der Waals surface area contributed by atoms with Crippen LogP contribution in [0, 0.1) is 0 Å². The lowest BCUT2D eigenvalue weighted by Crippen LogP contribution is -2.25. The molecule has 0 aliphatic rings. The highest BCUT2D eigenvalue weighted by atomic mass is 16.2. The minimum absolute atomic E-state index is 0.0974. The Morgan fingerprint density at radius 2 is 1.42 bits per heavy atom. The summed E-state index contributed by atoms with van der Waals surface area (Å²) in [6, 6.07) is 31.6. The Balaban J connectivity index is 1.24. The van der Waals surface area contributed by atoms with Gasteiger partial charge in [0.25, 0.3) is 5.91 Å². The molecule has 4 aromatic carbocycles. The molecule has 2 amide bonds. The zero-order valence-corrected chi connectivity index (χ0v) is 18.3. The first-order valence-electron chi connectivity index (χ1n) is 11.0. The maximum atomic E-state index is 12.3. The first kappa shape index (κ1) is 22.0. The zero-order valence-electron chi connectivity index (χ0n) is 18.3. The second kappa shape index (κ2) is 10.9. The molecular formula is C29H26N2O2. The normalized spacial score (nSPS) is 10.9. The van der Waals surface area contributed by atoms with E-state index in [1.54, 1.807) is 18.2 Å². The molecule has 0 spiro atoms. The summed E-state index contributed by atoms with van der Waals surface area (Å²) in [6.07, 6.45) is 4.15. The Morgan fingerprint density at radius 1 is 0.697 bits per heavy atom. The quantitative estimate of drug-likeness (QED) is 0.377. The lowest BCUT2D eigenvalue weighted by Gasteiger charge is -2.07. The van der Waals surface area contributed by atoms with Crippen molar-refractivity contribution in [3.8, 4) is 0 Å². The average Bonchev–Trinajstić information content (AvgIpc) is 2.87. The van der Waals surface area contributed by atoms with Gasteiger partial charge in [-0.2, -0.15) is 0 Å². The van der Waals surface area contributed by atoms with Gasteiger partial charge in [-0.15, -0.1) is 0 Å². The van der Waals surface area contributed by atoms with Crippen LogP contribution in [0.2, 0.25) is 0 Å². The lowest BCUT2D eigenvalue weighted by molar-refractivity contribution is -0.116. The van der Waals surface area contributed by atoms with Gasteiger partial charge >= 0.3 is 0 Å². The number of carbonyl (C=O) groups is 2. The fraction of sp³-hybridized carbons (Fsp3) is 0.103. The summed E-state index contributed by atoms with van der Waals surface area (Å²) in [7, 11) is 0. The molecule has 0 radical (unpaired) electrons. The third-order valence-electron chi connectivity index (χ3n) is 5.43. The van der Waals surface area contributed by atoms with Crippen LogP contribution in [0.5, 0.6) is 0 Å². The summed E-state index contributed by atoms with van der Waals surface area (Å²) in [5.41, 5.74) is 3.71. The highest BCUT2D eigenvalue weighted by molar-refractivity contribution is 5.94. The molecule has 0 aliphatic carbocycles. The van der Waals surface area contributed by atoms with Crippen LogP contribution in [0.25, 0.3) is 16.8 Å². The van der Waals surface area contributed by atoms with Crippen LogP contribution in [0.1, 0.15) is 27.0 Å². The highest BCUT2D eigenvalue weighted by Crippen LogP contribution is 2.16. The van der Waals surface area contributed by atoms with Crippen LogP contribution in [0.15, 0.2) is 103 Å². The van der Waals surface area contributed by atoms with Gasteiger partial charge in [-0.1, -0.05) is 78.9 Å². The third kappa shape index (κ3) is 6.40. The van der Waals surface area contributed by atoms with Crippen molar-refractivity contribution in [1.29, 1.82) is 0 Å². The monoisotopic (exact) mass is 434 g/mol. The molecule has 0 aliphatic heterocycles. The van der Waals surface area contributed by atoms with Gasteiger partial charge in [0.1, 0.15) is 0 Å². The molecule has 4 heteroatoms. The number of carbonyl (C=O) groups excluding carboxylic acids is 2. The Kier molecular flexibility index (Phi) is 7.29. The molecule has 2 N–H and O–H groups in total. The molecule has 33 heavy (non-hydrogen) atoms. The van der Waals surface area contributed by atoms with Gasteiger partial charge in [-0.05, 0) is 58.2 Å². The van der Waals surface area contributed by atoms with Crippen LogP contribution in [-0.4, -0.2) is 18.4 Å². The SMILES string of the molecule is O=C(C=Cc1ccc2ccccc2c1)NCc1ccc(C(=O)NCCc2ccccc2)cc1. The second-order valence-electron chi connectivity index (χ2n) is 7.85. The molecule has 4 aromatic rings. The maximum Gasteiger partial charge on any atom is 0.251 e. The summed E-state index contributed by atoms with van der Waals surface area (Å²) < 4.78 is 0. The zero-order chi connectivity index (χ0) is 22.9. The number of benzene rings is 4. The van der Waals surface area contributed by atoms with Crippen molar-refractivity contribution in [1.82, 2.24) is 10.6 Å². The van der Waals surface area contributed by atoms with E-state index >= 15 is 0 Å². The molecule has 164 valence electrons. The van der Waals surface area contributed by atoms with Crippen LogP contribution < -0.4 is 10.6 Å². The third-order valence-corrected chi connectivity index (χ3v) is 5.43. The number of fused-ring (bicyclic) bond motifs is 1. The van der Waals surface area contributed by atoms with Crippen LogP contribution in [-0.2, 0) is 17.8 Å². The molecule has 0 saturated heterocycles. The van der Waals surface area contributed by atoms with Crippen LogP contribution in [0.3, 0.4) is 0 Å². The van der Waals surface area contributed by atoms with E-state index in [0.29, 0.717) is 18.7 Å². The van der Waals surface area contributed by atoms with Crippen LogP contribution in [0.4, 0.5) is 0 Å². The Labute approximate surface area is 194 Å². The molecule has 0 heterocycles. The molecule has 0 fully saturated rings. The van der Waals surface area contributed by atoms with Crippen molar-refractivity contribution in [3.05, 3.63) is 125 Å². The smallest absolute Gasteiger partial charge is 0.251 e. The molecule has 0 bridgehead atoms. The lowest BCUT2D eigenvalue weighted by atomic mass is 10.1. The number of hydrogen-bond acceptors (Lipinski definition) is 2. The number of nitrogens with one attached hydrogen (secondary N) is 2. The number of hydrogen-bond donors (Lipinski definition) is 2. The van der Waals surface area contributed by atoms with Crippen molar-refractivity contribution < 1.29 is 9.59 Å². The van der Waals surface area contributed by atoms with Crippen LogP contribution >= 0.6 is 0 Å². The summed E-state index contributed by atoms with van der Waals surface area (Å²) >= 11 is 0. The van der Waals surface area contributed by atoms with E-state index in [1.165, 1.54) is 10.9 Å². The maximum absolute atomic E-state index is 12.3. The average molecular weight is 435 g/mol. The summed E-state index contributed by atoms with van der Waals surface area (Å²) in [4.78, 5) is 24.5. The molecular weight excluding hydrogens is 408 g/mol. The Bertz CT molecular complexity index is 1260. The van der Waals surface area contributed by atoms with Gasteiger partial charge in [-0.25, -0.2) is 0 Å². The molecule has 0 saturated carbocycles. The minimum Gasteiger partial charge on any atom is -0.352 e. The van der Waals surface area contributed by atoms with Gasteiger partial charge in [-0.3, -0.25) is 9.59 Å². The van der Waals surface area contributed by atoms with E-state index in [4.69, 9.17) is 0 Å². The predicted octanol–water partition coefficient (Wildman–Crippen LogP) is 5.14. The molecule has 4 nitrogen and oxygen atoms in total. The highest BCUT2D eigenvalue weighted by Gasteiger charge is 2.05. The Hall–Kier alpha value is -4.18. The van der Waals surface area contributed by atoms with E-state index in [1.807, 2.05) is 72.8 Å². The van der Waals surface area contributed by atoms with E-state index in [9.17, 15) is 9.59 Å². The number of rotatable bonds is 8. The summed E-state index contributed by atoms with van der Waals surface area (Å²) in [6.45, 7) is 0.987. The van der Waals surface area contributed by atoms with E-state index in [0.717, 1.165) is 22.9 Å². The number of amides is 2. The molecule has 0 unspecified atom stereocenters. The van der Waals surface area contributed by atoms with Gasteiger partial charge in [0, 0.05) is 24.7 Å². The topological polar surface area (TPSA) is 58.2 Å². The second-order valence-corrected chi connectivity index (χ2v) is 7.85. The van der Waals surface area contributed by atoms with E-state index in [-0.39, 0.29) is 11.8 Å². The fourth-order valence-electron chi connectivity index (χ4n) is 3.57. The van der Waals surface area contributed by atoms with Gasteiger partial charge in [0.2, 0.25) is 5.91 Å². The van der Waals surface area contributed by atoms with Gasteiger partial charge < -0.3 is 10.6 Å². The summed E-state index contributed by atoms with van der Waals surface area (Å²) in [5, 5.41) is 8.14. The minimum atomic E-state index is -0.161. The molecule has 0 atom stereocenters. The largest absolute Gasteiger partial charge is 0.352 e. The van der Waals surface area contributed by atoms with Crippen molar-refractivity contribution in [2.75, 3.05) is 6.54 Å². The van der Waals surface area contributed by atoms with Crippen molar-refractivity contribution in [2.45, 2.75) is 13.0 Å². The van der Waals surface area contributed by atoms with Crippen molar-refractivity contribution >= 4 is 28.7 Å². The summed E-state index contributed by atoms with van der Waals surface area (Å²) in [5.74, 6) is -0.259. The van der Waals surface area contributed by atoms with Crippen molar-refractivity contribution in [3.63, 3.8) is 0 Å². The van der Waals surface area contributed by atoms with Gasteiger partial charge in [0.05, 0.1) is 0 Å². The first-order valence-corrected chi connectivity index (χ1v) is 11.0. The molecule has 0 aromatic heterocycles. The van der Waals surface area contributed by atoms with Crippen molar-refractivity contribution in [2.24, 2.45) is 0 Å². The fourth-order valence-corrected chi connectivity index (χ4v) is 3.57. The van der Waals surface area contributed by atoms with E-state index in [2.05, 4.69) is 28.8 Å². The molecule has 4 rings (SSSR count). The standard InChI is InChI=1S/C29H26N2O2/c32-28(17-13-23-10-14-25-8-4-5-9-27(25)20-23)31-21-24-11-15-26(16-12-24)29(33)30-19-18-22-6-2-1-3-7-22/h1-17,20H,18-19,21H2,(H,30,33)(H,31,32).